The molecule has 0 saturated carbocycles. The van der Waals surface area contributed by atoms with E-state index < -0.39 is 13.0 Å². The van der Waals surface area contributed by atoms with Gasteiger partial charge in [0, 0.05) is 23.3 Å². The third-order valence-electron chi connectivity index (χ3n) is 3.00. The summed E-state index contributed by atoms with van der Waals surface area (Å²) >= 11 is 1.09. The fourth-order valence-electron chi connectivity index (χ4n) is 2.14. The summed E-state index contributed by atoms with van der Waals surface area (Å²) < 4.78 is 37.4. The van der Waals surface area contributed by atoms with E-state index in [4.69, 9.17) is 9.05 Å². The molecule has 2 unspecified atom stereocenters. The first-order valence-electron chi connectivity index (χ1n) is 6.89. The summed E-state index contributed by atoms with van der Waals surface area (Å²) in [6.07, 6.45) is -0.770. The van der Waals surface area contributed by atoms with Crippen LogP contribution in [-0.4, -0.2) is 18.1 Å². The van der Waals surface area contributed by atoms with Crippen molar-refractivity contribution in [3.8, 4) is 5.75 Å². The van der Waals surface area contributed by atoms with Gasteiger partial charge in [-0.05, 0) is 30.8 Å². The highest BCUT2D eigenvalue weighted by atomic mass is 32.7. The summed E-state index contributed by atoms with van der Waals surface area (Å²) in [5, 5.41) is 0. The SMILES string of the molecule is CCCSP(=O)(OCC)Oc1cccc2c1C(F)CC2=O. The molecule has 0 heterocycles. The number of fused-ring (bicyclic) bond motifs is 1. The van der Waals surface area contributed by atoms with Gasteiger partial charge in [0.1, 0.15) is 11.9 Å². The maximum atomic E-state index is 14.0. The maximum Gasteiger partial charge on any atom is 0.440 e. The smallest absolute Gasteiger partial charge is 0.417 e. The fraction of sp³-hybridized carbons (Fsp3) is 0.500. The number of Topliss-reactive ketones (excluding diaryl/α,β-unsaturated/α-hetero) is 1. The zero-order valence-electron chi connectivity index (χ0n) is 12.0. The summed E-state index contributed by atoms with van der Waals surface area (Å²) in [4.78, 5) is 11.7. The van der Waals surface area contributed by atoms with Crippen LogP contribution in [0.2, 0.25) is 0 Å². The van der Waals surface area contributed by atoms with Crippen molar-refractivity contribution in [1.82, 2.24) is 0 Å². The lowest BCUT2D eigenvalue weighted by Gasteiger charge is -2.19. The van der Waals surface area contributed by atoms with Crippen LogP contribution in [0.25, 0.3) is 0 Å². The Morgan fingerprint density at radius 3 is 2.86 bits per heavy atom. The van der Waals surface area contributed by atoms with E-state index in [9.17, 15) is 13.8 Å². The number of ketones is 1. The molecule has 0 aromatic heterocycles. The van der Waals surface area contributed by atoms with Gasteiger partial charge in [0.2, 0.25) is 0 Å². The molecule has 1 aliphatic rings. The molecule has 0 N–H and O–H groups in total. The van der Waals surface area contributed by atoms with Crippen molar-refractivity contribution < 1.29 is 22.8 Å². The molecule has 0 aliphatic heterocycles. The molecule has 0 saturated heterocycles. The van der Waals surface area contributed by atoms with Gasteiger partial charge >= 0.3 is 6.80 Å². The van der Waals surface area contributed by atoms with Crippen LogP contribution < -0.4 is 4.52 Å². The van der Waals surface area contributed by atoms with Crippen LogP contribution >= 0.6 is 18.2 Å². The molecule has 0 bridgehead atoms. The van der Waals surface area contributed by atoms with Crippen molar-refractivity contribution in [2.24, 2.45) is 0 Å². The molecule has 21 heavy (non-hydrogen) atoms. The topological polar surface area (TPSA) is 52.6 Å². The number of carbonyl (C=O) groups is 1. The quantitative estimate of drug-likeness (QED) is 0.661. The van der Waals surface area contributed by atoms with E-state index in [1.165, 1.54) is 6.07 Å². The lowest BCUT2D eigenvalue weighted by molar-refractivity contribution is 0.0972. The average molecular weight is 332 g/mol. The van der Waals surface area contributed by atoms with Gasteiger partial charge in [0.15, 0.2) is 5.78 Å². The molecule has 116 valence electrons. The predicted molar refractivity (Wildman–Crippen MR) is 81.8 cm³/mol. The minimum atomic E-state index is -3.40. The summed E-state index contributed by atoms with van der Waals surface area (Å²) in [6.45, 7) is 0.519. The van der Waals surface area contributed by atoms with Gasteiger partial charge in [-0.1, -0.05) is 19.1 Å². The Bertz CT molecular complexity index is 578. The van der Waals surface area contributed by atoms with E-state index in [-0.39, 0.29) is 30.1 Å². The zero-order valence-corrected chi connectivity index (χ0v) is 13.7. The minimum absolute atomic E-state index is 0.145. The first-order valence-corrected chi connectivity index (χ1v) is 10.0. The number of hydrogen-bond acceptors (Lipinski definition) is 5. The highest BCUT2D eigenvalue weighted by Crippen LogP contribution is 2.61. The zero-order chi connectivity index (χ0) is 15.5. The van der Waals surface area contributed by atoms with Crippen molar-refractivity contribution in [2.45, 2.75) is 32.9 Å². The molecule has 0 spiro atoms. The third-order valence-corrected chi connectivity index (χ3v) is 6.93. The van der Waals surface area contributed by atoms with Crippen molar-refractivity contribution in [2.75, 3.05) is 12.4 Å². The van der Waals surface area contributed by atoms with Crippen molar-refractivity contribution >= 4 is 24.0 Å². The molecule has 0 amide bonds. The minimum Gasteiger partial charge on any atom is -0.417 e. The summed E-state index contributed by atoms with van der Waals surface area (Å²) in [7, 11) is 0. The lowest BCUT2D eigenvalue weighted by Crippen LogP contribution is -2.00. The third kappa shape index (κ3) is 3.68. The Morgan fingerprint density at radius 1 is 1.43 bits per heavy atom. The largest absolute Gasteiger partial charge is 0.440 e. The van der Waals surface area contributed by atoms with Crippen LogP contribution in [0.4, 0.5) is 4.39 Å². The van der Waals surface area contributed by atoms with E-state index in [1.807, 2.05) is 6.92 Å². The molecule has 1 aromatic rings. The number of rotatable bonds is 7. The van der Waals surface area contributed by atoms with Gasteiger partial charge in [0.25, 0.3) is 0 Å². The van der Waals surface area contributed by atoms with Crippen molar-refractivity contribution in [3.63, 3.8) is 0 Å². The van der Waals surface area contributed by atoms with Crippen LogP contribution in [0.5, 0.6) is 5.75 Å². The first kappa shape index (κ1) is 16.5. The normalized spacial score (nSPS) is 20.1. The number of alkyl halides is 1. The van der Waals surface area contributed by atoms with Crippen LogP contribution in [-0.2, 0) is 9.09 Å². The molecule has 1 aliphatic carbocycles. The average Bonchev–Trinajstić information content (AvgIpc) is 2.73. The summed E-state index contributed by atoms with van der Waals surface area (Å²) in [5.74, 6) is 0.506. The second kappa shape index (κ2) is 6.95. The second-order valence-electron chi connectivity index (χ2n) is 4.60. The summed E-state index contributed by atoms with van der Waals surface area (Å²) in [5.41, 5.74) is 0.503. The van der Waals surface area contributed by atoms with E-state index in [0.717, 1.165) is 17.8 Å². The molecule has 2 rings (SSSR count). The molecule has 0 radical (unpaired) electrons. The van der Waals surface area contributed by atoms with Crippen LogP contribution in [0, 0.1) is 0 Å². The van der Waals surface area contributed by atoms with Crippen molar-refractivity contribution in [3.05, 3.63) is 29.3 Å². The first-order chi connectivity index (χ1) is 10.0. The van der Waals surface area contributed by atoms with Gasteiger partial charge in [-0.25, -0.2) is 8.96 Å². The van der Waals surface area contributed by atoms with Gasteiger partial charge in [-0.2, -0.15) is 0 Å². The number of carbonyl (C=O) groups excluding carboxylic acids is 1. The summed E-state index contributed by atoms with van der Waals surface area (Å²) in [6, 6.07) is 4.70. The highest BCUT2D eigenvalue weighted by Gasteiger charge is 2.35. The van der Waals surface area contributed by atoms with E-state index in [1.54, 1.807) is 19.1 Å². The standard InChI is InChI=1S/C14H18FO4PS/c1-3-8-21-20(17,18-4-2)19-13-7-5-6-10-12(16)9-11(15)14(10)13/h5-7,11H,3-4,8-9H2,1-2H3. The maximum absolute atomic E-state index is 14.0. The van der Waals surface area contributed by atoms with Crippen LogP contribution in [0.15, 0.2) is 18.2 Å². The van der Waals surface area contributed by atoms with Gasteiger partial charge in [-0.3, -0.25) is 9.32 Å². The van der Waals surface area contributed by atoms with E-state index in [2.05, 4.69) is 0 Å². The Labute approximate surface area is 127 Å². The van der Waals surface area contributed by atoms with Gasteiger partial charge < -0.3 is 4.52 Å². The molecule has 0 fully saturated rings. The highest BCUT2D eigenvalue weighted by molar-refractivity contribution is 8.55. The lowest BCUT2D eigenvalue weighted by atomic mass is 10.1. The van der Waals surface area contributed by atoms with Crippen LogP contribution in [0.1, 0.15) is 48.8 Å². The van der Waals surface area contributed by atoms with E-state index in [0.29, 0.717) is 11.3 Å². The van der Waals surface area contributed by atoms with Crippen LogP contribution in [0.3, 0.4) is 0 Å². The monoisotopic (exact) mass is 332 g/mol. The number of halogens is 1. The fourth-order valence-corrected chi connectivity index (χ4v) is 5.60. The Balaban J connectivity index is 2.30. The molecule has 7 heteroatoms. The molecular weight excluding hydrogens is 314 g/mol. The second-order valence-corrected chi connectivity index (χ2v) is 8.72. The van der Waals surface area contributed by atoms with E-state index >= 15 is 0 Å². The number of hydrogen-bond donors (Lipinski definition) is 0. The Morgan fingerprint density at radius 2 is 2.19 bits per heavy atom. The van der Waals surface area contributed by atoms with Crippen molar-refractivity contribution in [1.29, 1.82) is 0 Å². The molecule has 4 nitrogen and oxygen atoms in total. The molecular formula is C14H18FO4PS. The Hall–Kier alpha value is -0.840. The van der Waals surface area contributed by atoms with Gasteiger partial charge in [-0.15, -0.1) is 0 Å². The molecule has 1 aromatic carbocycles. The Kier molecular flexibility index (Phi) is 5.47. The van der Waals surface area contributed by atoms with Gasteiger partial charge in [0.05, 0.1) is 6.61 Å². The predicted octanol–water partition coefficient (Wildman–Crippen LogP) is 4.95. The number of benzene rings is 1. The molecule has 2 atom stereocenters.